The number of hydrogen-bond acceptors (Lipinski definition) is 6. The van der Waals surface area contributed by atoms with Gasteiger partial charge in [-0.05, 0) is 6.92 Å². The molecule has 0 fully saturated rings. The zero-order chi connectivity index (χ0) is 14.8. The van der Waals surface area contributed by atoms with Crippen molar-refractivity contribution in [2.45, 2.75) is 19.9 Å². The van der Waals surface area contributed by atoms with E-state index in [0.717, 1.165) is 36.7 Å². The summed E-state index contributed by atoms with van der Waals surface area (Å²) >= 11 is 1.51. The molecule has 2 aromatic rings. The van der Waals surface area contributed by atoms with Gasteiger partial charge in [0.15, 0.2) is 5.13 Å². The number of carbonyl (C=O) groups is 1. The second kappa shape index (κ2) is 5.65. The van der Waals surface area contributed by atoms with E-state index in [2.05, 4.69) is 30.5 Å². The molecule has 2 aromatic heterocycles. The highest BCUT2D eigenvalue weighted by Crippen LogP contribution is 2.30. The molecule has 1 aliphatic rings. The van der Waals surface area contributed by atoms with E-state index in [1.807, 2.05) is 13.0 Å². The molecular weight excluding hydrogens is 288 g/mol. The Balaban J connectivity index is 1.77. The summed E-state index contributed by atoms with van der Waals surface area (Å²) in [6.45, 7) is 3.59. The first-order valence-electron chi connectivity index (χ1n) is 6.66. The molecule has 8 heteroatoms. The number of nitrogens with zero attached hydrogens (tertiary/aromatic N) is 4. The Hall–Kier alpha value is -2.22. The van der Waals surface area contributed by atoms with Gasteiger partial charge >= 0.3 is 6.03 Å². The Bertz CT molecular complexity index is 670. The van der Waals surface area contributed by atoms with Gasteiger partial charge in [-0.2, -0.15) is 0 Å². The third-order valence-electron chi connectivity index (χ3n) is 3.29. The summed E-state index contributed by atoms with van der Waals surface area (Å²) in [5.74, 6) is 0.933. The molecule has 0 atom stereocenters. The molecule has 0 unspecified atom stereocenters. The number of aryl methyl sites for hydroxylation is 1. The zero-order valence-corrected chi connectivity index (χ0v) is 12.7. The normalized spacial score (nSPS) is 13.7. The minimum Gasteiger partial charge on any atom is -0.351 e. The lowest BCUT2D eigenvalue weighted by atomic mass is 10.2. The van der Waals surface area contributed by atoms with E-state index in [-0.39, 0.29) is 6.03 Å². The minimum atomic E-state index is -0.246. The zero-order valence-electron chi connectivity index (χ0n) is 11.9. The van der Waals surface area contributed by atoms with E-state index in [4.69, 9.17) is 0 Å². The Morgan fingerprint density at radius 3 is 3.05 bits per heavy atom. The lowest BCUT2D eigenvalue weighted by Crippen LogP contribution is -2.30. The average molecular weight is 304 g/mol. The molecular formula is C13H16N6OS. The van der Waals surface area contributed by atoms with Gasteiger partial charge in [0.25, 0.3) is 0 Å². The van der Waals surface area contributed by atoms with Crippen LogP contribution in [-0.2, 0) is 13.0 Å². The minimum absolute atomic E-state index is 0.246. The number of hydrogen-bond donors (Lipinski definition) is 2. The highest BCUT2D eigenvalue weighted by atomic mass is 32.1. The van der Waals surface area contributed by atoms with Crippen LogP contribution in [0.4, 0.5) is 15.7 Å². The van der Waals surface area contributed by atoms with Crippen molar-refractivity contribution in [3.05, 3.63) is 28.7 Å². The van der Waals surface area contributed by atoms with Crippen LogP contribution in [0.5, 0.6) is 0 Å². The van der Waals surface area contributed by atoms with E-state index in [0.29, 0.717) is 5.13 Å². The fourth-order valence-electron chi connectivity index (χ4n) is 2.22. The number of rotatable bonds is 2. The van der Waals surface area contributed by atoms with Crippen LogP contribution in [0.25, 0.3) is 0 Å². The maximum Gasteiger partial charge on any atom is 0.320 e. The van der Waals surface area contributed by atoms with Crippen molar-refractivity contribution < 1.29 is 4.79 Å². The van der Waals surface area contributed by atoms with E-state index in [1.54, 1.807) is 13.4 Å². The van der Waals surface area contributed by atoms with Crippen LogP contribution >= 0.6 is 11.3 Å². The summed E-state index contributed by atoms with van der Waals surface area (Å²) in [6, 6.07) is 1.74. The highest BCUT2D eigenvalue weighted by Gasteiger charge is 2.22. The van der Waals surface area contributed by atoms with Gasteiger partial charge in [-0.1, -0.05) is 11.3 Å². The molecule has 1 aliphatic heterocycles. The summed E-state index contributed by atoms with van der Waals surface area (Å²) in [5, 5.41) is 5.89. The summed E-state index contributed by atoms with van der Waals surface area (Å²) in [7, 11) is 1.59. The molecule has 0 spiro atoms. The van der Waals surface area contributed by atoms with Crippen LogP contribution in [0.3, 0.4) is 0 Å². The molecule has 2 amide bonds. The first-order chi connectivity index (χ1) is 10.2. The Kier molecular flexibility index (Phi) is 3.70. The van der Waals surface area contributed by atoms with Gasteiger partial charge in [0.1, 0.15) is 12.1 Å². The van der Waals surface area contributed by atoms with Gasteiger partial charge in [-0.3, -0.25) is 5.32 Å². The summed E-state index contributed by atoms with van der Waals surface area (Å²) < 4.78 is 0. The van der Waals surface area contributed by atoms with Crippen LogP contribution in [0.15, 0.2) is 12.4 Å². The smallest absolute Gasteiger partial charge is 0.320 e. The van der Waals surface area contributed by atoms with Crippen molar-refractivity contribution >= 4 is 28.3 Å². The monoisotopic (exact) mass is 304 g/mol. The maximum absolute atomic E-state index is 11.3. The Labute approximate surface area is 126 Å². The van der Waals surface area contributed by atoms with Crippen LogP contribution < -0.4 is 15.5 Å². The lowest BCUT2D eigenvalue weighted by Gasteiger charge is -2.26. The maximum atomic E-state index is 11.3. The van der Waals surface area contributed by atoms with Gasteiger partial charge in [0.2, 0.25) is 0 Å². The molecule has 0 saturated heterocycles. The van der Waals surface area contributed by atoms with Crippen LogP contribution in [0, 0.1) is 6.92 Å². The number of aromatic nitrogens is 3. The SMILES string of the molecule is CNC(=O)Nc1nc2c(s1)CN(c1cc(C)ncn1)CC2. The van der Waals surface area contributed by atoms with Crippen molar-refractivity contribution in [2.24, 2.45) is 0 Å². The Morgan fingerprint density at radius 1 is 1.43 bits per heavy atom. The van der Waals surface area contributed by atoms with Crippen LogP contribution in [-0.4, -0.2) is 34.6 Å². The first-order valence-corrected chi connectivity index (χ1v) is 7.48. The molecule has 3 heterocycles. The summed E-state index contributed by atoms with van der Waals surface area (Å²) in [4.78, 5) is 27.6. The van der Waals surface area contributed by atoms with Crippen molar-refractivity contribution in [1.82, 2.24) is 20.3 Å². The van der Waals surface area contributed by atoms with E-state index >= 15 is 0 Å². The second-order valence-electron chi connectivity index (χ2n) is 4.78. The van der Waals surface area contributed by atoms with E-state index in [9.17, 15) is 4.79 Å². The third kappa shape index (κ3) is 2.94. The topological polar surface area (TPSA) is 83.0 Å². The molecule has 2 N–H and O–H groups in total. The van der Waals surface area contributed by atoms with Gasteiger partial charge in [-0.15, -0.1) is 0 Å². The molecule has 7 nitrogen and oxygen atoms in total. The number of thiazole rings is 1. The van der Waals surface area contributed by atoms with Crippen molar-refractivity contribution in [3.63, 3.8) is 0 Å². The number of carbonyl (C=O) groups excluding carboxylic acids is 1. The molecule has 3 rings (SSSR count). The largest absolute Gasteiger partial charge is 0.351 e. The second-order valence-corrected chi connectivity index (χ2v) is 5.87. The Morgan fingerprint density at radius 2 is 2.29 bits per heavy atom. The summed E-state index contributed by atoms with van der Waals surface area (Å²) in [5.41, 5.74) is 2.02. The lowest BCUT2D eigenvalue weighted by molar-refractivity contribution is 0.254. The standard InChI is InChI=1S/C13H16N6OS/c1-8-5-11(16-7-15-8)19-4-3-9-10(6-19)21-13(17-9)18-12(20)14-2/h5,7H,3-4,6H2,1-2H3,(H2,14,17,18,20). The van der Waals surface area contributed by atoms with Crippen LogP contribution in [0.2, 0.25) is 0 Å². The van der Waals surface area contributed by atoms with Gasteiger partial charge in [0.05, 0.1) is 12.2 Å². The number of amides is 2. The predicted octanol–water partition coefficient (Wildman–Crippen LogP) is 1.56. The van der Waals surface area contributed by atoms with Gasteiger partial charge < -0.3 is 10.2 Å². The molecule has 0 radical (unpaired) electrons. The number of urea groups is 1. The van der Waals surface area contributed by atoms with Crippen LogP contribution in [0.1, 0.15) is 16.3 Å². The number of nitrogens with one attached hydrogen (secondary N) is 2. The van der Waals surface area contributed by atoms with E-state index in [1.165, 1.54) is 16.2 Å². The van der Waals surface area contributed by atoms with Crippen molar-refractivity contribution in [2.75, 3.05) is 23.8 Å². The quantitative estimate of drug-likeness (QED) is 0.879. The molecule has 0 bridgehead atoms. The number of fused-ring (bicyclic) bond motifs is 1. The highest BCUT2D eigenvalue weighted by molar-refractivity contribution is 7.15. The molecule has 110 valence electrons. The van der Waals surface area contributed by atoms with E-state index < -0.39 is 0 Å². The fourth-order valence-corrected chi connectivity index (χ4v) is 3.24. The fraction of sp³-hybridized carbons (Fsp3) is 0.385. The third-order valence-corrected chi connectivity index (χ3v) is 4.29. The molecule has 21 heavy (non-hydrogen) atoms. The first kappa shape index (κ1) is 13.7. The molecule has 0 saturated carbocycles. The van der Waals surface area contributed by atoms with Gasteiger partial charge in [0, 0.05) is 36.7 Å². The summed E-state index contributed by atoms with van der Waals surface area (Å²) in [6.07, 6.45) is 2.44. The number of anilines is 2. The molecule has 0 aliphatic carbocycles. The van der Waals surface area contributed by atoms with Crippen molar-refractivity contribution in [1.29, 1.82) is 0 Å². The molecule has 0 aromatic carbocycles. The predicted molar refractivity (Wildman–Crippen MR) is 81.7 cm³/mol. The average Bonchev–Trinajstić information content (AvgIpc) is 2.88. The van der Waals surface area contributed by atoms with Gasteiger partial charge in [-0.25, -0.2) is 19.7 Å². The van der Waals surface area contributed by atoms with Crippen molar-refractivity contribution in [3.8, 4) is 0 Å².